The number of rotatable bonds is 8. The second-order valence-electron chi connectivity index (χ2n) is 8.64. The number of anilines is 1. The van der Waals surface area contributed by atoms with Gasteiger partial charge in [0.25, 0.3) is 0 Å². The molecule has 38 heavy (non-hydrogen) atoms. The van der Waals surface area contributed by atoms with Crippen LogP contribution in [0, 0.1) is 12.7 Å². The minimum atomic E-state index is -4.16. The molecule has 1 atom stereocenters. The van der Waals surface area contributed by atoms with Crippen LogP contribution in [0.3, 0.4) is 0 Å². The fourth-order valence-corrected chi connectivity index (χ4v) is 5.90. The van der Waals surface area contributed by atoms with Crippen molar-refractivity contribution in [3.63, 3.8) is 0 Å². The number of para-hydroxylation sites is 1. The van der Waals surface area contributed by atoms with Crippen molar-refractivity contribution in [2.45, 2.75) is 17.9 Å². The SMILES string of the molecule is COCCNC(=O)C1CN(C(=O)Nc2ccc(F)cc2)CCN1S(=O)(=O)c1cnn(-c2ccccc2)c1C. The number of hydrogen-bond donors (Lipinski definition) is 2. The number of hydrogen-bond acceptors (Lipinski definition) is 6. The first-order valence-electron chi connectivity index (χ1n) is 11.9. The number of nitrogens with zero attached hydrogens (tertiary/aromatic N) is 4. The highest BCUT2D eigenvalue weighted by Gasteiger charge is 2.42. The van der Waals surface area contributed by atoms with Crippen LogP contribution in [0.25, 0.3) is 5.69 Å². The highest BCUT2D eigenvalue weighted by atomic mass is 32.2. The lowest BCUT2D eigenvalue weighted by molar-refractivity contribution is -0.126. The standard InChI is InChI=1S/C25H29FN6O5S/c1-18-23(16-28-32(18)21-6-4-3-5-7-21)38(35,36)31-14-13-30(17-22(31)24(33)27-12-15-37-2)25(34)29-20-10-8-19(26)9-11-20/h3-11,16,22H,12-15,17H2,1-2H3,(H,27,33)(H,29,34). The van der Waals surface area contributed by atoms with E-state index in [1.807, 2.05) is 18.2 Å². The number of sulfonamides is 1. The van der Waals surface area contributed by atoms with Crippen LogP contribution in [0.4, 0.5) is 14.9 Å². The minimum absolute atomic E-state index is 0.0275. The number of amides is 3. The quantitative estimate of drug-likeness (QED) is 0.418. The Morgan fingerprint density at radius 2 is 1.82 bits per heavy atom. The molecule has 1 saturated heterocycles. The third kappa shape index (κ3) is 5.85. The monoisotopic (exact) mass is 544 g/mol. The molecule has 13 heteroatoms. The molecular weight excluding hydrogens is 515 g/mol. The molecule has 1 aliphatic rings. The van der Waals surface area contributed by atoms with Crippen LogP contribution in [0.5, 0.6) is 0 Å². The van der Waals surface area contributed by atoms with E-state index in [0.717, 1.165) is 4.31 Å². The zero-order chi connectivity index (χ0) is 27.3. The van der Waals surface area contributed by atoms with Crippen LogP contribution < -0.4 is 10.6 Å². The first-order chi connectivity index (χ1) is 18.2. The Morgan fingerprint density at radius 3 is 2.50 bits per heavy atom. The smallest absolute Gasteiger partial charge is 0.321 e. The molecule has 1 fully saturated rings. The van der Waals surface area contributed by atoms with Crippen LogP contribution in [-0.4, -0.2) is 85.3 Å². The molecule has 202 valence electrons. The van der Waals surface area contributed by atoms with E-state index in [0.29, 0.717) is 17.1 Å². The van der Waals surface area contributed by atoms with E-state index in [-0.39, 0.29) is 37.7 Å². The molecule has 0 bridgehead atoms. The molecule has 0 spiro atoms. The molecule has 11 nitrogen and oxygen atoms in total. The molecule has 2 N–H and O–H groups in total. The van der Waals surface area contributed by atoms with Gasteiger partial charge in [-0.15, -0.1) is 0 Å². The number of urea groups is 1. The van der Waals surface area contributed by atoms with Crippen molar-refractivity contribution in [1.29, 1.82) is 0 Å². The Bertz CT molecular complexity index is 1380. The molecule has 3 amide bonds. The summed E-state index contributed by atoms with van der Waals surface area (Å²) in [7, 11) is -2.68. The lowest BCUT2D eigenvalue weighted by Crippen LogP contribution is -2.62. The largest absolute Gasteiger partial charge is 0.383 e. The molecule has 1 aromatic heterocycles. The fourth-order valence-electron chi connectivity index (χ4n) is 4.19. The van der Waals surface area contributed by atoms with Gasteiger partial charge in [0.2, 0.25) is 15.9 Å². The van der Waals surface area contributed by atoms with Gasteiger partial charge in [0.15, 0.2) is 0 Å². The molecule has 0 saturated carbocycles. The van der Waals surface area contributed by atoms with Crippen LogP contribution in [0.15, 0.2) is 65.7 Å². The summed E-state index contributed by atoms with van der Waals surface area (Å²) in [6.07, 6.45) is 1.27. The Hall–Kier alpha value is -3.81. The van der Waals surface area contributed by atoms with Crippen molar-refractivity contribution < 1.29 is 27.1 Å². The number of nitrogens with one attached hydrogen (secondary N) is 2. The average Bonchev–Trinajstić information content (AvgIpc) is 3.32. The molecule has 0 radical (unpaired) electrons. The lowest BCUT2D eigenvalue weighted by atomic mass is 10.2. The Morgan fingerprint density at radius 1 is 1.11 bits per heavy atom. The number of halogens is 1. The Labute approximate surface area is 220 Å². The van der Waals surface area contributed by atoms with Crippen molar-refractivity contribution in [2.24, 2.45) is 0 Å². The number of piperazine rings is 1. The zero-order valence-corrected chi connectivity index (χ0v) is 21.8. The summed E-state index contributed by atoms with van der Waals surface area (Å²) in [6.45, 7) is 1.80. The first kappa shape index (κ1) is 27.2. The van der Waals surface area contributed by atoms with Crippen LogP contribution in [-0.2, 0) is 19.6 Å². The van der Waals surface area contributed by atoms with E-state index in [9.17, 15) is 22.4 Å². The summed E-state index contributed by atoms with van der Waals surface area (Å²) in [4.78, 5) is 27.4. The summed E-state index contributed by atoms with van der Waals surface area (Å²) in [5.74, 6) is -1.00. The molecule has 1 aliphatic heterocycles. The van der Waals surface area contributed by atoms with Gasteiger partial charge >= 0.3 is 6.03 Å². The number of carbonyl (C=O) groups is 2. The zero-order valence-electron chi connectivity index (χ0n) is 21.0. The summed E-state index contributed by atoms with van der Waals surface area (Å²) < 4.78 is 48.5. The van der Waals surface area contributed by atoms with Crippen molar-refractivity contribution in [3.05, 3.63) is 72.3 Å². The van der Waals surface area contributed by atoms with E-state index in [4.69, 9.17) is 4.74 Å². The van der Waals surface area contributed by atoms with Crippen molar-refractivity contribution in [3.8, 4) is 5.69 Å². The number of ether oxygens (including phenoxy) is 1. The van der Waals surface area contributed by atoms with Gasteiger partial charge in [0.1, 0.15) is 16.8 Å². The normalized spacial score (nSPS) is 16.3. The Kier molecular flexibility index (Phi) is 8.39. The molecule has 2 heterocycles. The maximum absolute atomic E-state index is 13.8. The maximum atomic E-state index is 13.8. The first-order valence-corrected chi connectivity index (χ1v) is 13.4. The van der Waals surface area contributed by atoms with E-state index < -0.39 is 33.8 Å². The number of aromatic nitrogens is 2. The minimum Gasteiger partial charge on any atom is -0.383 e. The molecule has 2 aromatic carbocycles. The number of carbonyl (C=O) groups excluding carboxylic acids is 2. The van der Waals surface area contributed by atoms with Crippen molar-refractivity contribution in [1.82, 2.24) is 24.3 Å². The van der Waals surface area contributed by atoms with Gasteiger partial charge in [-0.05, 0) is 43.3 Å². The third-order valence-corrected chi connectivity index (χ3v) is 8.19. The van der Waals surface area contributed by atoms with Crippen molar-refractivity contribution >= 4 is 27.6 Å². The highest BCUT2D eigenvalue weighted by Crippen LogP contribution is 2.26. The van der Waals surface area contributed by atoms with E-state index >= 15 is 0 Å². The fraction of sp³-hybridized carbons (Fsp3) is 0.320. The summed E-state index contributed by atoms with van der Waals surface area (Å²) in [5.41, 5.74) is 1.46. The third-order valence-electron chi connectivity index (χ3n) is 6.17. The highest BCUT2D eigenvalue weighted by molar-refractivity contribution is 7.89. The summed E-state index contributed by atoms with van der Waals surface area (Å²) in [6, 6.07) is 12.6. The van der Waals surface area contributed by atoms with E-state index in [1.165, 1.54) is 47.2 Å². The Balaban J connectivity index is 1.59. The summed E-state index contributed by atoms with van der Waals surface area (Å²) in [5, 5.41) is 9.60. The molecule has 0 aliphatic carbocycles. The van der Waals surface area contributed by atoms with Gasteiger partial charge in [0, 0.05) is 39.0 Å². The number of methoxy groups -OCH3 is 1. The van der Waals surface area contributed by atoms with Gasteiger partial charge in [-0.2, -0.15) is 9.40 Å². The van der Waals surface area contributed by atoms with Crippen LogP contribution in [0.2, 0.25) is 0 Å². The topological polar surface area (TPSA) is 126 Å². The van der Waals surface area contributed by atoms with Gasteiger partial charge in [-0.1, -0.05) is 18.2 Å². The van der Waals surface area contributed by atoms with Gasteiger partial charge in [-0.25, -0.2) is 22.3 Å². The number of benzene rings is 2. The lowest BCUT2D eigenvalue weighted by Gasteiger charge is -2.39. The second-order valence-corrected chi connectivity index (χ2v) is 10.5. The van der Waals surface area contributed by atoms with Gasteiger partial charge in [0.05, 0.1) is 24.2 Å². The van der Waals surface area contributed by atoms with E-state index in [2.05, 4.69) is 15.7 Å². The molecule has 1 unspecified atom stereocenters. The molecule has 4 rings (SSSR count). The second kappa shape index (κ2) is 11.7. The summed E-state index contributed by atoms with van der Waals surface area (Å²) >= 11 is 0. The maximum Gasteiger partial charge on any atom is 0.321 e. The predicted octanol–water partition coefficient (Wildman–Crippen LogP) is 1.99. The average molecular weight is 545 g/mol. The van der Waals surface area contributed by atoms with Gasteiger partial charge in [-0.3, -0.25) is 4.79 Å². The molecule has 3 aromatic rings. The van der Waals surface area contributed by atoms with Crippen LogP contribution in [0.1, 0.15) is 5.69 Å². The van der Waals surface area contributed by atoms with Crippen molar-refractivity contribution in [2.75, 3.05) is 45.2 Å². The van der Waals surface area contributed by atoms with E-state index in [1.54, 1.807) is 19.1 Å². The molecular formula is C25H29FN6O5S. The predicted molar refractivity (Wildman–Crippen MR) is 138 cm³/mol. The van der Waals surface area contributed by atoms with Crippen LogP contribution >= 0.6 is 0 Å². The van der Waals surface area contributed by atoms with Gasteiger partial charge < -0.3 is 20.3 Å².